The number of nitrogen functional groups attached to an aromatic ring is 4. The molecule has 0 radical (unpaired) electrons. The van der Waals surface area contributed by atoms with Gasteiger partial charge in [0.15, 0.2) is 0 Å². The molecule has 10 N–H and O–H groups in total. The first-order chi connectivity index (χ1) is 17.5. The second kappa shape index (κ2) is 10.1. The fourth-order valence-electron chi connectivity index (χ4n) is 3.79. The van der Waals surface area contributed by atoms with Crippen molar-refractivity contribution in [3.63, 3.8) is 0 Å². The zero-order valence-electron chi connectivity index (χ0n) is 19.4. The molecule has 0 saturated heterocycles. The number of nitrogens with zero attached hydrogens (tertiary/aromatic N) is 2. The molecule has 0 aliphatic carbocycles. The molecule has 0 spiro atoms. The zero-order valence-corrected chi connectivity index (χ0v) is 20.2. The quantitative estimate of drug-likeness (QED) is 0.0950. The van der Waals surface area contributed by atoms with Crippen LogP contribution in [0.1, 0.15) is 0 Å². The van der Waals surface area contributed by atoms with Gasteiger partial charge in [-0.15, -0.1) is 0 Å². The molecular weight excluding hydrogens is 492 g/mol. The van der Waals surface area contributed by atoms with Crippen LogP contribution in [-0.2, 0) is 10.4 Å². The van der Waals surface area contributed by atoms with Gasteiger partial charge >= 0.3 is 10.4 Å². The highest BCUT2D eigenvalue weighted by Gasteiger charge is 2.03. The molecule has 0 fully saturated rings. The molecule has 0 bridgehead atoms. The highest BCUT2D eigenvalue weighted by Crippen LogP contribution is 2.25. The van der Waals surface area contributed by atoms with Gasteiger partial charge in [-0.2, -0.15) is 8.42 Å². The Morgan fingerprint density at radius 2 is 0.919 bits per heavy atom. The number of para-hydroxylation sites is 2. The van der Waals surface area contributed by atoms with E-state index in [4.69, 9.17) is 40.5 Å². The van der Waals surface area contributed by atoms with E-state index in [-0.39, 0.29) is 0 Å². The molecule has 0 aliphatic rings. The molecule has 188 valence electrons. The van der Waals surface area contributed by atoms with Gasteiger partial charge in [0.25, 0.3) is 0 Å². The maximum Gasteiger partial charge on any atom is 0.394 e. The summed E-state index contributed by atoms with van der Waals surface area (Å²) in [5, 5.41) is 4.26. The van der Waals surface area contributed by atoms with Crippen LogP contribution in [0.25, 0.3) is 43.6 Å². The van der Waals surface area contributed by atoms with Crippen LogP contribution in [0.2, 0.25) is 0 Å². The SMILES string of the molecule is Nc1ccc2cc3cccc(N)c3nc2c1.Nc1ccc2cc3cccc(N)c3nc2c1.O=S(=O)(O)O. The Bertz CT molecular complexity index is 1750. The molecular formula is C26H24N6O4S. The van der Waals surface area contributed by atoms with Crippen molar-refractivity contribution in [1.82, 2.24) is 9.97 Å². The summed E-state index contributed by atoms with van der Waals surface area (Å²) in [7, 11) is -4.67. The van der Waals surface area contributed by atoms with E-state index in [0.29, 0.717) is 22.7 Å². The average molecular weight is 517 g/mol. The minimum atomic E-state index is -4.67. The van der Waals surface area contributed by atoms with Crippen LogP contribution in [0.4, 0.5) is 22.7 Å². The van der Waals surface area contributed by atoms with Gasteiger partial charge < -0.3 is 22.9 Å². The van der Waals surface area contributed by atoms with E-state index in [0.717, 1.165) is 43.6 Å². The Balaban J connectivity index is 0.000000147. The van der Waals surface area contributed by atoms with Crippen LogP contribution >= 0.6 is 0 Å². The number of pyridine rings is 2. The minimum Gasteiger partial charge on any atom is -0.399 e. The monoisotopic (exact) mass is 516 g/mol. The normalized spacial score (nSPS) is 11.1. The summed E-state index contributed by atoms with van der Waals surface area (Å²) >= 11 is 0. The van der Waals surface area contributed by atoms with Gasteiger partial charge in [-0.3, -0.25) is 9.11 Å². The van der Waals surface area contributed by atoms with Gasteiger partial charge in [0.1, 0.15) is 0 Å². The number of anilines is 4. The van der Waals surface area contributed by atoms with Gasteiger partial charge in [0.05, 0.1) is 33.4 Å². The Labute approximate surface area is 212 Å². The number of rotatable bonds is 0. The third-order valence-electron chi connectivity index (χ3n) is 5.39. The van der Waals surface area contributed by atoms with E-state index in [1.165, 1.54) is 0 Å². The first kappa shape index (κ1) is 25.4. The summed E-state index contributed by atoms with van der Waals surface area (Å²) in [5.41, 5.74) is 29.5. The van der Waals surface area contributed by atoms with Crippen molar-refractivity contribution in [2.45, 2.75) is 0 Å². The molecule has 11 heteroatoms. The number of fused-ring (bicyclic) bond motifs is 4. The maximum atomic E-state index is 8.74. The topological polar surface area (TPSA) is 204 Å². The highest BCUT2D eigenvalue weighted by atomic mass is 32.3. The van der Waals surface area contributed by atoms with Crippen molar-refractivity contribution in [1.29, 1.82) is 0 Å². The lowest BCUT2D eigenvalue weighted by Crippen LogP contribution is -1.91. The van der Waals surface area contributed by atoms with Crippen molar-refractivity contribution >= 4 is 76.8 Å². The number of hydrogen-bond acceptors (Lipinski definition) is 8. The van der Waals surface area contributed by atoms with Crippen LogP contribution < -0.4 is 22.9 Å². The first-order valence-electron chi connectivity index (χ1n) is 10.9. The molecule has 0 atom stereocenters. The number of hydrogen-bond donors (Lipinski definition) is 6. The predicted molar refractivity (Wildman–Crippen MR) is 150 cm³/mol. The van der Waals surface area contributed by atoms with Gasteiger partial charge in [-0.1, -0.05) is 36.4 Å². The summed E-state index contributed by atoms with van der Waals surface area (Å²) in [6.45, 7) is 0. The summed E-state index contributed by atoms with van der Waals surface area (Å²) in [6.07, 6.45) is 0. The summed E-state index contributed by atoms with van der Waals surface area (Å²) in [5.74, 6) is 0. The fourth-order valence-corrected chi connectivity index (χ4v) is 3.79. The van der Waals surface area contributed by atoms with Crippen molar-refractivity contribution in [3.8, 4) is 0 Å². The van der Waals surface area contributed by atoms with Crippen LogP contribution in [0, 0.1) is 0 Å². The third kappa shape index (κ3) is 6.30. The van der Waals surface area contributed by atoms with Crippen molar-refractivity contribution < 1.29 is 17.5 Å². The second-order valence-corrected chi connectivity index (χ2v) is 9.06. The summed E-state index contributed by atoms with van der Waals surface area (Å²) in [4.78, 5) is 9.07. The largest absolute Gasteiger partial charge is 0.399 e. The second-order valence-electron chi connectivity index (χ2n) is 8.17. The van der Waals surface area contributed by atoms with Crippen molar-refractivity contribution in [2.75, 3.05) is 22.9 Å². The molecule has 6 rings (SSSR count). The Hall–Kier alpha value is -4.71. The lowest BCUT2D eigenvalue weighted by atomic mass is 10.1. The molecule has 10 nitrogen and oxygen atoms in total. The van der Waals surface area contributed by atoms with Gasteiger partial charge in [0, 0.05) is 32.9 Å². The Kier molecular flexibility index (Phi) is 6.94. The molecule has 0 saturated carbocycles. The highest BCUT2D eigenvalue weighted by molar-refractivity contribution is 7.79. The third-order valence-corrected chi connectivity index (χ3v) is 5.39. The van der Waals surface area contributed by atoms with E-state index < -0.39 is 10.4 Å². The minimum absolute atomic E-state index is 0.696. The zero-order chi connectivity index (χ0) is 26.7. The van der Waals surface area contributed by atoms with Crippen LogP contribution in [-0.4, -0.2) is 27.5 Å². The number of nitrogens with two attached hydrogens (primary N) is 4. The molecule has 2 heterocycles. The predicted octanol–water partition coefficient (Wildman–Crippen LogP) is 4.45. The smallest absolute Gasteiger partial charge is 0.394 e. The van der Waals surface area contributed by atoms with E-state index in [9.17, 15) is 0 Å². The fraction of sp³-hybridized carbons (Fsp3) is 0. The molecule has 0 amide bonds. The van der Waals surface area contributed by atoms with Gasteiger partial charge in [0.2, 0.25) is 0 Å². The standard InChI is InChI=1S/2C13H11N3.H2O4S/c2*14-10-5-4-8-6-9-2-1-3-11(15)13(9)16-12(8)7-10;1-5(2,3)4/h2*1-7H,14-15H2;(H2,1,2,3,4). The van der Waals surface area contributed by atoms with Crippen molar-refractivity contribution in [3.05, 3.63) is 84.9 Å². The molecule has 0 aliphatic heterocycles. The summed E-state index contributed by atoms with van der Waals surface area (Å²) in [6, 6.07) is 27.2. The maximum absolute atomic E-state index is 8.74. The Morgan fingerprint density at radius 3 is 1.30 bits per heavy atom. The number of aromatic nitrogens is 2. The first-order valence-corrected chi connectivity index (χ1v) is 12.3. The molecule has 37 heavy (non-hydrogen) atoms. The van der Waals surface area contributed by atoms with Crippen molar-refractivity contribution in [2.24, 2.45) is 0 Å². The molecule has 2 aromatic heterocycles. The van der Waals surface area contributed by atoms with Gasteiger partial charge in [-0.25, -0.2) is 9.97 Å². The van der Waals surface area contributed by atoms with Crippen LogP contribution in [0.5, 0.6) is 0 Å². The average Bonchev–Trinajstić information content (AvgIpc) is 2.82. The van der Waals surface area contributed by atoms with Crippen LogP contribution in [0.15, 0.2) is 84.9 Å². The molecule has 0 unspecified atom stereocenters. The molecule has 6 aromatic rings. The lowest BCUT2D eigenvalue weighted by molar-refractivity contribution is 0.381. The lowest BCUT2D eigenvalue weighted by Gasteiger charge is -2.04. The van der Waals surface area contributed by atoms with E-state index in [1.54, 1.807) is 0 Å². The van der Waals surface area contributed by atoms with Gasteiger partial charge in [-0.05, 0) is 48.5 Å². The summed E-state index contributed by atoms with van der Waals surface area (Å²) < 4.78 is 31.6. The van der Waals surface area contributed by atoms with E-state index in [2.05, 4.69) is 22.1 Å². The number of benzene rings is 4. The van der Waals surface area contributed by atoms with Crippen LogP contribution in [0.3, 0.4) is 0 Å². The van der Waals surface area contributed by atoms with E-state index in [1.807, 2.05) is 72.8 Å². The van der Waals surface area contributed by atoms with E-state index >= 15 is 0 Å². The Morgan fingerprint density at radius 1 is 0.541 bits per heavy atom. The molecule has 4 aromatic carbocycles.